The molecule has 0 unspecified atom stereocenters. The molecule has 1 aromatic rings. The lowest BCUT2D eigenvalue weighted by atomic mass is 9.92. The third-order valence-corrected chi connectivity index (χ3v) is 4.39. The summed E-state index contributed by atoms with van der Waals surface area (Å²) in [7, 11) is 2.19. The lowest BCUT2D eigenvalue weighted by molar-refractivity contribution is 0.111. The van der Waals surface area contributed by atoms with Crippen molar-refractivity contribution in [3.05, 3.63) is 23.4 Å². The zero-order chi connectivity index (χ0) is 15.8. The highest BCUT2D eigenvalue weighted by atomic mass is 16.5. The Morgan fingerprint density at radius 3 is 2.86 bits per heavy atom. The second kappa shape index (κ2) is 8.86. The Morgan fingerprint density at radius 1 is 1.41 bits per heavy atom. The third-order valence-electron chi connectivity index (χ3n) is 4.39. The smallest absolute Gasteiger partial charge is 0.213 e. The summed E-state index contributed by atoms with van der Waals surface area (Å²) in [5.41, 5.74) is 0.975. The van der Waals surface area contributed by atoms with E-state index in [1.54, 1.807) is 6.07 Å². The number of aromatic nitrogens is 1. The van der Waals surface area contributed by atoms with Crippen molar-refractivity contribution in [1.29, 1.82) is 0 Å². The molecule has 2 heterocycles. The van der Waals surface area contributed by atoms with E-state index in [4.69, 9.17) is 9.84 Å². The van der Waals surface area contributed by atoms with Gasteiger partial charge < -0.3 is 14.7 Å². The van der Waals surface area contributed by atoms with Crippen LogP contribution in [-0.2, 0) is 6.61 Å². The van der Waals surface area contributed by atoms with E-state index >= 15 is 0 Å². The predicted molar refractivity (Wildman–Crippen MR) is 85.1 cm³/mol. The molecule has 1 aliphatic rings. The van der Waals surface area contributed by atoms with Crippen LogP contribution in [0.15, 0.2) is 12.3 Å². The Hall–Kier alpha value is -1.46. The first-order chi connectivity index (χ1) is 10.7. The molecule has 0 radical (unpaired) electrons. The first-order valence-electron chi connectivity index (χ1n) is 8.09. The van der Waals surface area contributed by atoms with Crippen molar-refractivity contribution in [3.63, 3.8) is 0 Å². The maximum absolute atomic E-state index is 10.9. The molecule has 122 valence electrons. The van der Waals surface area contributed by atoms with Crippen LogP contribution >= 0.6 is 0 Å². The van der Waals surface area contributed by atoms with Crippen LogP contribution in [0.4, 0.5) is 0 Å². The fourth-order valence-electron chi connectivity index (χ4n) is 2.86. The minimum absolute atomic E-state index is 0.183. The molecule has 5 nitrogen and oxygen atoms in total. The number of aliphatic hydroxyl groups is 1. The van der Waals surface area contributed by atoms with E-state index in [1.807, 2.05) is 0 Å². The Balaban J connectivity index is 1.65. The SMILES string of the molecule is CN1CCC(CCCCOc2cc(C=O)c(CO)cn2)CC1. The number of nitrogens with zero attached hydrogens (tertiary/aromatic N) is 2. The van der Waals surface area contributed by atoms with Gasteiger partial charge in [0.05, 0.1) is 13.2 Å². The lowest BCUT2D eigenvalue weighted by Gasteiger charge is -2.28. The van der Waals surface area contributed by atoms with Crippen molar-refractivity contribution < 1.29 is 14.6 Å². The number of carbonyl (C=O) groups is 1. The zero-order valence-electron chi connectivity index (χ0n) is 13.3. The third kappa shape index (κ3) is 5.07. The molecule has 1 aromatic heterocycles. The molecule has 1 N–H and O–H groups in total. The summed E-state index contributed by atoms with van der Waals surface area (Å²) in [6, 6.07) is 1.59. The van der Waals surface area contributed by atoms with E-state index in [2.05, 4.69) is 16.9 Å². The molecule has 0 spiro atoms. The van der Waals surface area contributed by atoms with Crippen LogP contribution < -0.4 is 4.74 Å². The van der Waals surface area contributed by atoms with Gasteiger partial charge in [0.25, 0.3) is 0 Å². The van der Waals surface area contributed by atoms with Gasteiger partial charge in [0.1, 0.15) is 0 Å². The molecule has 2 rings (SSSR count). The molecule has 0 saturated carbocycles. The van der Waals surface area contributed by atoms with Crippen LogP contribution in [-0.4, -0.2) is 48.0 Å². The summed E-state index contributed by atoms with van der Waals surface area (Å²) in [4.78, 5) is 17.4. The largest absolute Gasteiger partial charge is 0.478 e. The number of pyridine rings is 1. The van der Waals surface area contributed by atoms with Gasteiger partial charge in [0, 0.05) is 23.4 Å². The van der Waals surface area contributed by atoms with Gasteiger partial charge >= 0.3 is 0 Å². The number of rotatable bonds is 8. The van der Waals surface area contributed by atoms with Crippen molar-refractivity contribution in [2.45, 2.75) is 38.7 Å². The topological polar surface area (TPSA) is 62.7 Å². The molecule has 22 heavy (non-hydrogen) atoms. The van der Waals surface area contributed by atoms with Gasteiger partial charge in [-0.05, 0) is 51.7 Å². The number of ether oxygens (including phenoxy) is 1. The van der Waals surface area contributed by atoms with E-state index in [1.165, 1.54) is 45.0 Å². The summed E-state index contributed by atoms with van der Waals surface area (Å²) in [6.45, 7) is 2.88. The van der Waals surface area contributed by atoms with Gasteiger partial charge in [-0.1, -0.05) is 6.42 Å². The van der Waals surface area contributed by atoms with E-state index < -0.39 is 0 Å². The molecule has 1 aliphatic heterocycles. The van der Waals surface area contributed by atoms with E-state index in [-0.39, 0.29) is 6.61 Å². The van der Waals surface area contributed by atoms with Crippen LogP contribution in [0.1, 0.15) is 48.0 Å². The number of unbranched alkanes of at least 4 members (excludes halogenated alkanes) is 1. The number of piperidine rings is 1. The highest BCUT2D eigenvalue weighted by Crippen LogP contribution is 2.21. The number of hydrogen-bond donors (Lipinski definition) is 1. The van der Waals surface area contributed by atoms with Gasteiger partial charge in [-0.25, -0.2) is 4.98 Å². The van der Waals surface area contributed by atoms with Crippen molar-refractivity contribution in [1.82, 2.24) is 9.88 Å². The molecule has 1 fully saturated rings. The molecular weight excluding hydrogens is 280 g/mol. The van der Waals surface area contributed by atoms with E-state index in [0.717, 1.165) is 18.6 Å². The van der Waals surface area contributed by atoms with Gasteiger partial charge in [0.15, 0.2) is 6.29 Å². The van der Waals surface area contributed by atoms with Gasteiger partial charge in [-0.2, -0.15) is 0 Å². The van der Waals surface area contributed by atoms with Crippen molar-refractivity contribution in [2.24, 2.45) is 5.92 Å². The van der Waals surface area contributed by atoms with Crippen molar-refractivity contribution in [3.8, 4) is 5.88 Å². The van der Waals surface area contributed by atoms with Gasteiger partial charge in [-0.15, -0.1) is 0 Å². The van der Waals surface area contributed by atoms with Crippen LogP contribution in [0.3, 0.4) is 0 Å². The molecule has 5 heteroatoms. The Bertz CT molecular complexity index is 471. The average Bonchev–Trinajstić information content (AvgIpc) is 2.56. The fraction of sp³-hybridized carbons (Fsp3) is 0.647. The van der Waals surface area contributed by atoms with Gasteiger partial charge in [-0.3, -0.25) is 4.79 Å². The van der Waals surface area contributed by atoms with Crippen molar-refractivity contribution >= 4 is 6.29 Å². The number of hydrogen-bond acceptors (Lipinski definition) is 5. The summed E-state index contributed by atoms with van der Waals surface area (Å²) in [6.07, 6.45) is 8.29. The van der Waals surface area contributed by atoms with Crippen LogP contribution in [0, 0.1) is 5.92 Å². The minimum Gasteiger partial charge on any atom is -0.478 e. The van der Waals surface area contributed by atoms with E-state index in [9.17, 15) is 4.79 Å². The number of aldehydes is 1. The monoisotopic (exact) mass is 306 g/mol. The zero-order valence-corrected chi connectivity index (χ0v) is 13.3. The Morgan fingerprint density at radius 2 is 2.18 bits per heavy atom. The molecule has 0 bridgehead atoms. The summed E-state index contributed by atoms with van der Waals surface area (Å²) in [5.74, 6) is 1.32. The summed E-state index contributed by atoms with van der Waals surface area (Å²) in [5, 5.41) is 9.08. The lowest BCUT2D eigenvalue weighted by Crippen LogP contribution is -2.30. The highest BCUT2D eigenvalue weighted by Gasteiger charge is 2.15. The fourth-order valence-corrected chi connectivity index (χ4v) is 2.86. The average molecular weight is 306 g/mol. The van der Waals surface area contributed by atoms with Crippen LogP contribution in [0.25, 0.3) is 0 Å². The summed E-state index contributed by atoms with van der Waals surface area (Å²) < 4.78 is 5.59. The molecule has 0 atom stereocenters. The van der Waals surface area contributed by atoms with Crippen LogP contribution in [0.5, 0.6) is 5.88 Å². The molecule has 0 aromatic carbocycles. The number of aliphatic hydroxyl groups excluding tert-OH is 1. The molecule has 1 saturated heterocycles. The standard InChI is InChI=1S/C17H26N2O3/c1-19-7-5-14(6-8-19)4-2-3-9-22-17-10-15(12-20)16(13-21)11-18-17/h10-12,14,21H,2-9,13H2,1H3. The maximum atomic E-state index is 10.9. The second-order valence-corrected chi connectivity index (χ2v) is 6.09. The Kier molecular flexibility index (Phi) is 6.80. The van der Waals surface area contributed by atoms with Gasteiger partial charge in [0.2, 0.25) is 5.88 Å². The second-order valence-electron chi connectivity index (χ2n) is 6.09. The van der Waals surface area contributed by atoms with Crippen LogP contribution in [0.2, 0.25) is 0 Å². The highest BCUT2D eigenvalue weighted by molar-refractivity contribution is 5.77. The minimum atomic E-state index is -0.183. The number of likely N-dealkylation sites (tertiary alicyclic amines) is 1. The van der Waals surface area contributed by atoms with Crippen molar-refractivity contribution in [2.75, 3.05) is 26.7 Å². The Labute approximate surface area is 132 Å². The quantitative estimate of drug-likeness (QED) is 0.590. The first-order valence-corrected chi connectivity index (χ1v) is 8.09. The number of carbonyl (C=O) groups excluding carboxylic acids is 1. The molecule has 0 amide bonds. The normalized spacial score (nSPS) is 16.6. The maximum Gasteiger partial charge on any atom is 0.213 e. The molecular formula is C17H26N2O3. The molecule has 0 aliphatic carbocycles. The predicted octanol–water partition coefficient (Wildman–Crippen LogP) is 2.28. The van der Waals surface area contributed by atoms with E-state index in [0.29, 0.717) is 23.6 Å². The summed E-state index contributed by atoms with van der Waals surface area (Å²) >= 11 is 0. The first kappa shape index (κ1) is 16.9.